The van der Waals surface area contributed by atoms with Gasteiger partial charge in [0, 0.05) is 18.3 Å². The zero-order valence-electron chi connectivity index (χ0n) is 9.40. The Morgan fingerprint density at radius 2 is 2.24 bits per heavy atom. The van der Waals surface area contributed by atoms with E-state index in [1.807, 2.05) is 0 Å². The molecular weight excluding hydrogens is 223 g/mol. The first kappa shape index (κ1) is 11.9. The van der Waals surface area contributed by atoms with Crippen LogP contribution < -0.4 is 5.73 Å². The summed E-state index contributed by atoms with van der Waals surface area (Å²) in [6.07, 6.45) is 1.90. The average Bonchev–Trinajstić information content (AvgIpc) is 3.09. The Bertz CT molecular complexity index is 433. The molecule has 92 valence electrons. The fraction of sp³-hybridized carbons (Fsp3) is 0.417. The van der Waals surface area contributed by atoms with Gasteiger partial charge in [-0.05, 0) is 31.0 Å². The number of nitrogen functional groups attached to an aromatic ring is 1. The van der Waals surface area contributed by atoms with Gasteiger partial charge < -0.3 is 15.7 Å². The number of benzene rings is 1. The van der Waals surface area contributed by atoms with Gasteiger partial charge in [-0.15, -0.1) is 0 Å². The minimum absolute atomic E-state index is 0.0800. The Labute approximate surface area is 98.8 Å². The molecule has 3 N–H and O–H groups in total. The van der Waals surface area contributed by atoms with Crippen molar-refractivity contribution in [3.63, 3.8) is 0 Å². The van der Waals surface area contributed by atoms with Crippen molar-refractivity contribution in [2.45, 2.75) is 18.9 Å². The van der Waals surface area contributed by atoms with E-state index in [2.05, 4.69) is 0 Å². The molecule has 17 heavy (non-hydrogen) atoms. The van der Waals surface area contributed by atoms with E-state index in [1.165, 1.54) is 12.1 Å². The number of rotatable bonds is 4. The molecule has 1 aromatic carbocycles. The van der Waals surface area contributed by atoms with Crippen LogP contribution in [-0.2, 0) is 0 Å². The molecule has 0 saturated heterocycles. The summed E-state index contributed by atoms with van der Waals surface area (Å²) >= 11 is 0. The average molecular weight is 238 g/mol. The predicted octanol–water partition coefficient (Wildman–Crippen LogP) is 1.00. The van der Waals surface area contributed by atoms with Crippen LogP contribution in [0.4, 0.5) is 10.1 Å². The monoisotopic (exact) mass is 238 g/mol. The highest BCUT2D eigenvalue weighted by Gasteiger charge is 2.33. The standard InChI is InChI=1S/C12H15FN2O2/c13-8-1-4-10(11(14)7-8)12(17)15(5-6-16)9-2-3-9/h1,4,7,9,16H,2-3,5-6,14H2. The smallest absolute Gasteiger partial charge is 0.256 e. The maximum Gasteiger partial charge on any atom is 0.256 e. The molecule has 1 aromatic rings. The molecule has 0 radical (unpaired) electrons. The molecule has 4 nitrogen and oxygen atoms in total. The number of amides is 1. The van der Waals surface area contributed by atoms with Crippen molar-refractivity contribution in [2.24, 2.45) is 0 Å². The topological polar surface area (TPSA) is 66.6 Å². The number of carbonyl (C=O) groups excluding carboxylic acids is 1. The zero-order chi connectivity index (χ0) is 12.4. The third kappa shape index (κ3) is 2.55. The number of aliphatic hydroxyl groups is 1. The Balaban J connectivity index is 2.22. The first-order valence-electron chi connectivity index (χ1n) is 5.60. The molecule has 2 rings (SSSR count). The lowest BCUT2D eigenvalue weighted by Crippen LogP contribution is -2.35. The van der Waals surface area contributed by atoms with Gasteiger partial charge >= 0.3 is 0 Å². The van der Waals surface area contributed by atoms with Crippen LogP contribution in [0.1, 0.15) is 23.2 Å². The molecule has 0 atom stereocenters. The highest BCUT2D eigenvalue weighted by Crippen LogP contribution is 2.29. The molecule has 0 unspecified atom stereocenters. The van der Waals surface area contributed by atoms with E-state index in [9.17, 15) is 9.18 Å². The van der Waals surface area contributed by atoms with Gasteiger partial charge in [0.25, 0.3) is 5.91 Å². The van der Waals surface area contributed by atoms with Crippen LogP contribution in [0.15, 0.2) is 18.2 Å². The van der Waals surface area contributed by atoms with Crippen molar-refractivity contribution in [2.75, 3.05) is 18.9 Å². The maximum atomic E-state index is 12.9. The summed E-state index contributed by atoms with van der Waals surface area (Å²) in [7, 11) is 0. The summed E-state index contributed by atoms with van der Waals surface area (Å²) in [5.74, 6) is -0.696. The first-order valence-corrected chi connectivity index (χ1v) is 5.60. The van der Waals surface area contributed by atoms with Crippen LogP contribution in [-0.4, -0.2) is 35.1 Å². The zero-order valence-corrected chi connectivity index (χ0v) is 9.40. The number of hydrogen-bond acceptors (Lipinski definition) is 3. The number of hydrogen-bond donors (Lipinski definition) is 2. The molecule has 1 fully saturated rings. The second kappa shape index (κ2) is 4.71. The fourth-order valence-electron chi connectivity index (χ4n) is 1.83. The molecule has 5 heteroatoms. The van der Waals surface area contributed by atoms with E-state index in [0.29, 0.717) is 12.1 Å². The summed E-state index contributed by atoms with van der Waals surface area (Å²) in [5, 5.41) is 8.94. The number of nitrogens with zero attached hydrogens (tertiary/aromatic N) is 1. The summed E-state index contributed by atoms with van der Waals surface area (Å²) < 4.78 is 12.9. The molecule has 0 aliphatic heterocycles. The SMILES string of the molecule is Nc1cc(F)ccc1C(=O)N(CCO)C1CC1. The van der Waals surface area contributed by atoms with E-state index in [-0.39, 0.29) is 24.2 Å². The Hall–Kier alpha value is -1.62. The van der Waals surface area contributed by atoms with Gasteiger partial charge in [0.2, 0.25) is 0 Å². The van der Waals surface area contributed by atoms with Crippen LogP contribution in [0, 0.1) is 5.82 Å². The van der Waals surface area contributed by atoms with Crippen molar-refractivity contribution >= 4 is 11.6 Å². The van der Waals surface area contributed by atoms with Gasteiger partial charge in [-0.2, -0.15) is 0 Å². The minimum Gasteiger partial charge on any atom is -0.398 e. The predicted molar refractivity (Wildman–Crippen MR) is 62.0 cm³/mol. The lowest BCUT2D eigenvalue weighted by Gasteiger charge is -2.22. The van der Waals surface area contributed by atoms with E-state index in [0.717, 1.165) is 18.9 Å². The molecule has 0 heterocycles. The van der Waals surface area contributed by atoms with Crippen LogP contribution in [0.5, 0.6) is 0 Å². The normalized spacial score (nSPS) is 14.7. The third-order valence-electron chi connectivity index (χ3n) is 2.83. The third-order valence-corrected chi connectivity index (χ3v) is 2.83. The minimum atomic E-state index is -0.459. The number of nitrogens with two attached hydrogens (primary N) is 1. The van der Waals surface area contributed by atoms with Crippen LogP contribution in [0.25, 0.3) is 0 Å². The molecule has 1 saturated carbocycles. The van der Waals surface area contributed by atoms with Crippen LogP contribution in [0.3, 0.4) is 0 Å². The largest absolute Gasteiger partial charge is 0.398 e. The molecule has 0 aromatic heterocycles. The fourth-order valence-corrected chi connectivity index (χ4v) is 1.83. The summed E-state index contributed by atoms with van der Waals surface area (Å²) in [6.45, 7) is 0.212. The van der Waals surface area contributed by atoms with Gasteiger partial charge in [-0.3, -0.25) is 4.79 Å². The Kier molecular flexibility index (Phi) is 3.28. The number of anilines is 1. The van der Waals surface area contributed by atoms with Crippen molar-refractivity contribution in [3.8, 4) is 0 Å². The number of halogens is 1. The lowest BCUT2D eigenvalue weighted by atomic mass is 10.1. The second-order valence-electron chi connectivity index (χ2n) is 4.18. The first-order chi connectivity index (χ1) is 8.13. The van der Waals surface area contributed by atoms with E-state index in [4.69, 9.17) is 10.8 Å². The maximum absolute atomic E-state index is 12.9. The highest BCUT2D eigenvalue weighted by atomic mass is 19.1. The molecule has 1 aliphatic carbocycles. The quantitative estimate of drug-likeness (QED) is 0.769. The summed E-state index contributed by atoms with van der Waals surface area (Å²) in [4.78, 5) is 13.8. The van der Waals surface area contributed by atoms with Crippen molar-refractivity contribution in [3.05, 3.63) is 29.6 Å². The number of aliphatic hydroxyl groups excluding tert-OH is 1. The lowest BCUT2D eigenvalue weighted by molar-refractivity contribution is 0.0708. The molecule has 0 spiro atoms. The van der Waals surface area contributed by atoms with Crippen molar-refractivity contribution < 1.29 is 14.3 Å². The number of carbonyl (C=O) groups is 1. The van der Waals surface area contributed by atoms with Gasteiger partial charge in [-0.1, -0.05) is 0 Å². The van der Waals surface area contributed by atoms with Crippen molar-refractivity contribution in [1.82, 2.24) is 4.90 Å². The van der Waals surface area contributed by atoms with E-state index in [1.54, 1.807) is 4.90 Å². The highest BCUT2D eigenvalue weighted by molar-refractivity contribution is 5.99. The van der Waals surface area contributed by atoms with E-state index >= 15 is 0 Å². The van der Waals surface area contributed by atoms with Gasteiger partial charge in [-0.25, -0.2) is 4.39 Å². The molecule has 1 amide bonds. The van der Waals surface area contributed by atoms with Gasteiger partial charge in [0.15, 0.2) is 0 Å². The molecular formula is C12H15FN2O2. The second-order valence-corrected chi connectivity index (χ2v) is 4.18. The summed E-state index contributed by atoms with van der Waals surface area (Å²) in [5.41, 5.74) is 6.06. The van der Waals surface area contributed by atoms with E-state index < -0.39 is 5.82 Å². The Morgan fingerprint density at radius 3 is 2.76 bits per heavy atom. The van der Waals surface area contributed by atoms with Crippen LogP contribution in [0.2, 0.25) is 0 Å². The molecule has 0 bridgehead atoms. The molecule has 1 aliphatic rings. The van der Waals surface area contributed by atoms with Crippen LogP contribution >= 0.6 is 0 Å². The van der Waals surface area contributed by atoms with Crippen molar-refractivity contribution in [1.29, 1.82) is 0 Å². The Morgan fingerprint density at radius 1 is 1.53 bits per heavy atom. The summed E-state index contributed by atoms with van der Waals surface area (Å²) in [6, 6.07) is 3.93. The van der Waals surface area contributed by atoms with Gasteiger partial charge in [0.05, 0.1) is 12.2 Å². The van der Waals surface area contributed by atoms with Gasteiger partial charge in [0.1, 0.15) is 5.82 Å².